The van der Waals surface area contributed by atoms with Gasteiger partial charge in [-0.1, -0.05) is 76.2 Å². The molecule has 0 fully saturated rings. The third kappa shape index (κ3) is 2.54. The molecule has 0 saturated carbocycles. The molecule has 1 heteroatoms. The summed E-state index contributed by atoms with van der Waals surface area (Å²) in [5.41, 5.74) is 7.97. The van der Waals surface area contributed by atoms with Crippen LogP contribution in [-0.2, 0) is 5.41 Å². The predicted molar refractivity (Wildman–Crippen MR) is 112 cm³/mol. The molecule has 0 N–H and O–H groups in total. The van der Waals surface area contributed by atoms with Gasteiger partial charge < -0.3 is 4.90 Å². The fraction of sp³-hybridized carbons (Fsp3) is 0.280. The van der Waals surface area contributed by atoms with Gasteiger partial charge in [-0.2, -0.15) is 0 Å². The van der Waals surface area contributed by atoms with Crippen LogP contribution in [0.2, 0.25) is 0 Å². The van der Waals surface area contributed by atoms with Gasteiger partial charge in [-0.25, -0.2) is 0 Å². The highest BCUT2D eigenvalue weighted by molar-refractivity contribution is 5.85. The number of para-hydroxylation sites is 2. The van der Waals surface area contributed by atoms with E-state index < -0.39 is 0 Å². The van der Waals surface area contributed by atoms with Crippen LogP contribution in [0.1, 0.15) is 56.7 Å². The first-order valence-electron chi connectivity index (χ1n) is 9.63. The number of benzene rings is 3. The van der Waals surface area contributed by atoms with Crippen LogP contribution in [-0.4, -0.2) is 0 Å². The second-order valence-electron chi connectivity index (χ2n) is 7.90. The van der Waals surface area contributed by atoms with Crippen LogP contribution in [0.3, 0.4) is 0 Å². The van der Waals surface area contributed by atoms with Crippen molar-refractivity contribution in [3.63, 3.8) is 0 Å². The van der Waals surface area contributed by atoms with Crippen molar-refractivity contribution in [2.24, 2.45) is 0 Å². The largest absolute Gasteiger partial charge is 0.310 e. The van der Waals surface area contributed by atoms with Crippen molar-refractivity contribution in [1.29, 1.82) is 0 Å². The van der Waals surface area contributed by atoms with Gasteiger partial charge in [0.15, 0.2) is 0 Å². The molecular formula is C25H27N. The zero-order valence-corrected chi connectivity index (χ0v) is 16.2. The topological polar surface area (TPSA) is 3.24 Å². The molecule has 0 aromatic heterocycles. The number of hydrogen-bond donors (Lipinski definition) is 0. The van der Waals surface area contributed by atoms with Gasteiger partial charge in [0.25, 0.3) is 0 Å². The summed E-state index contributed by atoms with van der Waals surface area (Å²) in [5.74, 6) is 0.601. The first kappa shape index (κ1) is 16.9. The van der Waals surface area contributed by atoms with E-state index in [4.69, 9.17) is 0 Å². The van der Waals surface area contributed by atoms with Crippen molar-refractivity contribution in [1.82, 2.24) is 0 Å². The van der Waals surface area contributed by atoms with Gasteiger partial charge in [0.2, 0.25) is 0 Å². The average Bonchev–Trinajstić information content (AvgIpc) is 2.68. The Bertz CT molecular complexity index is 871. The molecule has 0 radical (unpaired) electrons. The quantitative estimate of drug-likeness (QED) is 0.483. The van der Waals surface area contributed by atoms with Crippen LogP contribution < -0.4 is 4.90 Å². The molecule has 1 unspecified atom stereocenters. The lowest BCUT2D eigenvalue weighted by atomic mass is 9.73. The molecule has 132 valence electrons. The fourth-order valence-electron chi connectivity index (χ4n) is 4.13. The first-order valence-corrected chi connectivity index (χ1v) is 9.63. The number of anilines is 3. The Morgan fingerprint density at radius 2 is 1.27 bits per heavy atom. The minimum atomic E-state index is 0.000349. The van der Waals surface area contributed by atoms with E-state index >= 15 is 0 Å². The molecule has 1 nitrogen and oxygen atoms in total. The van der Waals surface area contributed by atoms with Crippen molar-refractivity contribution < 1.29 is 0 Å². The summed E-state index contributed by atoms with van der Waals surface area (Å²) < 4.78 is 0. The van der Waals surface area contributed by atoms with Crippen LogP contribution in [0, 0.1) is 0 Å². The Kier molecular flexibility index (Phi) is 4.11. The highest BCUT2D eigenvalue weighted by Crippen LogP contribution is 2.51. The van der Waals surface area contributed by atoms with Crippen molar-refractivity contribution in [2.75, 3.05) is 4.90 Å². The zero-order chi connectivity index (χ0) is 18.3. The molecular weight excluding hydrogens is 314 g/mol. The van der Waals surface area contributed by atoms with Crippen molar-refractivity contribution >= 4 is 17.1 Å². The number of fused-ring (bicyclic) bond motifs is 2. The minimum Gasteiger partial charge on any atom is -0.310 e. The fourth-order valence-corrected chi connectivity index (χ4v) is 4.13. The van der Waals surface area contributed by atoms with E-state index in [-0.39, 0.29) is 5.41 Å². The monoisotopic (exact) mass is 341 g/mol. The predicted octanol–water partition coefficient (Wildman–Crippen LogP) is 7.31. The second-order valence-corrected chi connectivity index (χ2v) is 7.90. The smallest absolute Gasteiger partial charge is 0.0502 e. The maximum atomic E-state index is 2.41. The highest BCUT2D eigenvalue weighted by Gasteiger charge is 2.36. The molecule has 0 saturated heterocycles. The number of rotatable bonds is 3. The van der Waals surface area contributed by atoms with Gasteiger partial charge in [-0.15, -0.1) is 0 Å². The number of nitrogens with zero attached hydrogens (tertiary/aromatic N) is 1. The summed E-state index contributed by atoms with van der Waals surface area (Å²) in [6.07, 6.45) is 1.17. The SMILES string of the molecule is CCC(C)c1ccc(N2c3ccccc3C(C)(C)c3ccccc32)cc1. The maximum absolute atomic E-state index is 2.41. The minimum absolute atomic E-state index is 0.000349. The van der Waals surface area contributed by atoms with Gasteiger partial charge in [0, 0.05) is 11.1 Å². The molecule has 1 atom stereocenters. The molecule has 1 heterocycles. The van der Waals surface area contributed by atoms with Crippen LogP contribution in [0.4, 0.5) is 17.1 Å². The summed E-state index contributed by atoms with van der Waals surface area (Å²) in [6, 6.07) is 26.7. The lowest BCUT2D eigenvalue weighted by Gasteiger charge is -2.42. The van der Waals surface area contributed by atoms with E-state index in [0.717, 1.165) is 0 Å². The van der Waals surface area contributed by atoms with Crippen LogP contribution in [0.15, 0.2) is 72.8 Å². The van der Waals surface area contributed by atoms with Crippen molar-refractivity contribution in [3.05, 3.63) is 89.5 Å². The van der Waals surface area contributed by atoms with Crippen LogP contribution in [0.25, 0.3) is 0 Å². The Hall–Kier alpha value is -2.54. The lowest BCUT2D eigenvalue weighted by Crippen LogP contribution is -2.30. The molecule has 4 rings (SSSR count). The van der Waals surface area contributed by atoms with Gasteiger partial charge in [0.05, 0.1) is 11.4 Å². The standard InChI is InChI=1S/C25H27N/c1-5-18(2)19-14-16-20(17-15-19)26-23-12-8-6-10-21(23)25(3,4)22-11-7-9-13-24(22)26/h6-18H,5H2,1-4H3. The summed E-state index contributed by atoms with van der Waals surface area (Å²) >= 11 is 0. The Labute approximate surface area is 157 Å². The summed E-state index contributed by atoms with van der Waals surface area (Å²) in [5, 5.41) is 0. The van der Waals surface area contributed by atoms with E-state index in [1.165, 1.54) is 40.2 Å². The molecule has 0 bridgehead atoms. The summed E-state index contributed by atoms with van der Waals surface area (Å²) in [4.78, 5) is 2.41. The van der Waals surface area contributed by atoms with E-state index in [1.807, 2.05) is 0 Å². The normalized spacial score (nSPS) is 15.9. The molecule has 26 heavy (non-hydrogen) atoms. The molecule has 3 aromatic carbocycles. The Morgan fingerprint density at radius 3 is 1.77 bits per heavy atom. The van der Waals surface area contributed by atoms with E-state index in [9.17, 15) is 0 Å². The summed E-state index contributed by atoms with van der Waals surface area (Å²) in [6.45, 7) is 9.20. The number of hydrogen-bond acceptors (Lipinski definition) is 1. The average molecular weight is 341 g/mol. The van der Waals surface area contributed by atoms with Gasteiger partial charge in [-0.3, -0.25) is 0 Å². The molecule has 3 aromatic rings. The molecule has 0 spiro atoms. The third-order valence-electron chi connectivity index (χ3n) is 5.97. The van der Waals surface area contributed by atoms with Crippen LogP contribution >= 0.6 is 0 Å². The molecule has 1 aliphatic heterocycles. The molecule has 1 aliphatic rings. The summed E-state index contributed by atoms with van der Waals surface area (Å²) in [7, 11) is 0. The van der Waals surface area contributed by atoms with Gasteiger partial charge >= 0.3 is 0 Å². The Balaban J connectivity index is 1.90. The zero-order valence-electron chi connectivity index (χ0n) is 16.2. The van der Waals surface area contributed by atoms with Crippen molar-refractivity contribution in [3.8, 4) is 0 Å². The highest BCUT2D eigenvalue weighted by atomic mass is 15.2. The molecule has 0 amide bonds. The Morgan fingerprint density at radius 1 is 0.769 bits per heavy atom. The molecule has 0 aliphatic carbocycles. The van der Waals surface area contributed by atoms with Gasteiger partial charge in [-0.05, 0) is 53.3 Å². The van der Waals surface area contributed by atoms with Crippen molar-refractivity contribution in [2.45, 2.75) is 45.4 Å². The second kappa shape index (κ2) is 6.32. The van der Waals surface area contributed by atoms with Crippen LogP contribution in [0.5, 0.6) is 0 Å². The maximum Gasteiger partial charge on any atom is 0.0502 e. The first-order chi connectivity index (χ1) is 12.5. The van der Waals surface area contributed by atoms with E-state index in [1.54, 1.807) is 0 Å². The van der Waals surface area contributed by atoms with E-state index in [0.29, 0.717) is 5.92 Å². The van der Waals surface area contributed by atoms with E-state index in [2.05, 4.69) is 105 Å². The van der Waals surface area contributed by atoms with Gasteiger partial charge in [0.1, 0.15) is 0 Å². The lowest BCUT2D eigenvalue weighted by molar-refractivity contribution is 0.632. The third-order valence-corrected chi connectivity index (χ3v) is 5.97.